The second-order valence-electron chi connectivity index (χ2n) is 15.3. The standard InChI is InChI=1S/C28H62O11Si6/c1-40(2,21-13-17-25(29)30)36-44(9,10)38-42(5,6)23-15-19-27(33)35-28(34)20-16-24-43(7,8)39-45(11,12)37-41(3,4)22-14-18-26(31)32/h13-24H2,1-12H3,(H,29,30)(H,31,32). The zero-order chi connectivity index (χ0) is 35.3. The molecule has 0 bridgehead atoms. The summed E-state index contributed by atoms with van der Waals surface area (Å²) in [6.45, 7) is 24.9. The van der Waals surface area contributed by atoms with Gasteiger partial charge in [0.2, 0.25) is 0 Å². The van der Waals surface area contributed by atoms with Gasteiger partial charge in [0, 0.05) is 25.7 Å². The van der Waals surface area contributed by atoms with Crippen LogP contribution in [0.5, 0.6) is 0 Å². The Bertz CT molecular complexity index is 908. The number of hydrogen-bond donors (Lipinski definition) is 2. The number of ether oxygens (including phenoxy) is 1. The molecule has 0 aliphatic heterocycles. The number of esters is 2. The molecule has 0 fully saturated rings. The van der Waals surface area contributed by atoms with Gasteiger partial charge in [-0.15, -0.1) is 0 Å². The summed E-state index contributed by atoms with van der Waals surface area (Å²) in [5.41, 5.74) is 0. The van der Waals surface area contributed by atoms with E-state index in [1.165, 1.54) is 0 Å². The summed E-state index contributed by atoms with van der Waals surface area (Å²) >= 11 is 0. The van der Waals surface area contributed by atoms with Crippen LogP contribution in [-0.4, -0.2) is 84.5 Å². The molecule has 0 aromatic carbocycles. The Kier molecular flexibility index (Phi) is 18.4. The van der Waals surface area contributed by atoms with Gasteiger partial charge in [0.25, 0.3) is 0 Å². The van der Waals surface area contributed by atoms with Gasteiger partial charge < -0.3 is 31.4 Å². The minimum Gasteiger partial charge on any atom is -0.481 e. The largest absolute Gasteiger partial charge is 0.481 e. The fourth-order valence-corrected chi connectivity index (χ4v) is 33.9. The fourth-order valence-electron chi connectivity index (χ4n) is 5.78. The lowest BCUT2D eigenvalue weighted by atomic mass is 10.3. The van der Waals surface area contributed by atoms with Crippen molar-refractivity contribution in [1.82, 2.24) is 0 Å². The van der Waals surface area contributed by atoms with Crippen LogP contribution in [0.4, 0.5) is 0 Å². The molecule has 0 aliphatic carbocycles. The molecular weight excluding hydrogens is 681 g/mol. The normalized spacial score (nSPS) is 13.5. The minimum atomic E-state index is -2.45. The molecule has 0 rings (SSSR count). The van der Waals surface area contributed by atoms with Crippen molar-refractivity contribution in [2.75, 3.05) is 0 Å². The molecule has 0 amide bonds. The predicted molar refractivity (Wildman–Crippen MR) is 192 cm³/mol. The molecule has 0 spiro atoms. The fraction of sp³-hybridized carbons (Fsp3) is 0.857. The molecule has 11 nitrogen and oxygen atoms in total. The zero-order valence-electron chi connectivity index (χ0n) is 30.1. The van der Waals surface area contributed by atoms with Gasteiger partial charge in [-0.3, -0.25) is 19.2 Å². The molecular formula is C28H62O11Si6. The zero-order valence-corrected chi connectivity index (χ0v) is 36.1. The van der Waals surface area contributed by atoms with Crippen molar-refractivity contribution in [3.05, 3.63) is 0 Å². The number of aliphatic carboxylic acids is 2. The van der Waals surface area contributed by atoms with E-state index in [1.807, 2.05) is 26.2 Å². The SMILES string of the molecule is C[Si](C)(CCCC(=O)O)O[Si](C)(C)O[Si](C)(C)CCCC(=O)OC(=O)CCC[Si](C)(C)O[Si](C)(C)O[Si](C)(C)CCCC(=O)O. The van der Waals surface area contributed by atoms with Crippen LogP contribution in [0.1, 0.15) is 51.4 Å². The van der Waals surface area contributed by atoms with Crippen molar-refractivity contribution >= 4 is 74.3 Å². The van der Waals surface area contributed by atoms with Crippen LogP contribution in [0.3, 0.4) is 0 Å². The Morgan fingerprint density at radius 3 is 0.867 bits per heavy atom. The summed E-state index contributed by atoms with van der Waals surface area (Å²) in [6, 6.07) is 2.99. The Morgan fingerprint density at radius 1 is 0.422 bits per heavy atom. The lowest BCUT2D eigenvalue weighted by Crippen LogP contribution is -2.52. The van der Waals surface area contributed by atoms with Crippen LogP contribution < -0.4 is 0 Å². The van der Waals surface area contributed by atoms with Crippen LogP contribution in [0, 0.1) is 0 Å². The molecule has 0 unspecified atom stereocenters. The number of rotatable bonds is 24. The van der Waals surface area contributed by atoms with Gasteiger partial charge in [0.05, 0.1) is 0 Å². The molecule has 17 heteroatoms. The van der Waals surface area contributed by atoms with Gasteiger partial charge in [-0.2, -0.15) is 0 Å². The van der Waals surface area contributed by atoms with E-state index in [4.69, 9.17) is 31.4 Å². The maximum Gasteiger partial charge on any atom is 0.313 e. The molecule has 2 N–H and O–H groups in total. The van der Waals surface area contributed by atoms with Gasteiger partial charge in [-0.1, -0.05) is 0 Å². The highest BCUT2D eigenvalue weighted by atomic mass is 28.5. The Hall–Kier alpha value is -0.779. The third-order valence-corrected chi connectivity index (χ3v) is 29.9. The monoisotopic (exact) mass is 742 g/mol. The van der Waals surface area contributed by atoms with Crippen LogP contribution >= 0.6 is 0 Å². The van der Waals surface area contributed by atoms with Crippen molar-refractivity contribution in [3.63, 3.8) is 0 Å². The molecule has 0 atom stereocenters. The second kappa shape index (κ2) is 18.7. The molecule has 0 aliphatic rings. The second-order valence-corrected chi connectivity index (χ2v) is 40.2. The molecule has 264 valence electrons. The van der Waals surface area contributed by atoms with Crippen molar-refractivity contribution in [2.45, 2.75) is 154 Å². The first-order valence-electron chi connectivity index (χ1n) is 16.1. The number of carboxylic acids is 2. The smallest absolute Gasteiger partial charge is 0.313 e. The first-order valence-corrected chi connectivity index (χ1v) is 34.2. The Balaban J connectivity index is 4.58. The van der Waals surface area contributed by atoms with E-state index in [0.717, 1.165) is 24.2 Å². The molecule has 0 radical (unpaired) electrons. The Morgan fingerprint density at radius 2 is 0.644 bits per heavy atom. The highest BCUT2D eigenvalue weighted by molar-refractivity contribution is 6.88. The van der Waals surface area contributed by atoms with Gasteiger partial charge in [0.1, 0.15) is 0 Å². The van der Waals surface area contributed by atoms with Crippen molar-refractivity contribution < 1.29 is 50.6 Å². The van der Waals surface area contributed by atoms with E-state index in [0.29, 0.717) is 25.7 Å². The van der Waals surface area contributed by atoms with Crippen molar-refractivity contribution in [2.24, 2.45) is 0 Å². The van der Waals surface area contributed by atoms with E-state index in [2.05, 4.69) is 52.4 Å². The van der Waals surface area contributed by atoms with Gasteiger partial charge in [-0.25, -0.2) is 0 Å². The quantitative estimate of drug-likeness (QED) is 0.0570. The van der Waals surface area contributed by atoms with Crippen LogP contribution in [-0.2, 0) is 40.4 Å². The van der Waals surface area contributed by atoms with Gasteiger partial charge >= 0.3 is 41.0 Å². The van der Waals surface area contributed by atoms with E-state index >= 15 is 0 Å². The highest BCUT2D eigenvalue weighted by Gasteiger charge is 2.40. The third kappa shape index (κ3) is 24.1. The molecule has 45 heavy (non-hydrogen) atoms. The first kappa shape index (κ1) is 44.2. The molecule has 0 saturated carbocycles. The summed E-state index contributed by atoms with van der Waals surface area (Å²) < 4.78 is 31.2. The van der Waals surface area contributed by atoms with E-state index < -0.39 is 74.3 Å². The maximum absolute atomic E-state index is 12.4. The molecule has 0 aromatic rings. The number of carbonyl (C=O) groups is 4. The van der Waals surface area contributed by atoms with Crippen molar-refractivity contribution in [1.29, 1.82) is 0 Å². The van der Waals surface area contributed by atoms with E-state index in [1.54, 1.807) is 0 Å². The number of carboxylic acid groups (broad SMARTS) is 2. The molecule has 0 heterocycles. The van der Waals surface area contributed by atoms with E-state index in [-0.39, 0.29) is 25.7 Å². The summed E-state index contributed by atoms with van der Waals surface area (Å²) in [5, 5.41) is 17.8. The summed E-state index contributed by atoms with van der Waals surface area (Å²) in [5.74, 6) is -2.62. The van der Waals surface area contributed by atoms with Gasteiger partial charge in [-0.05, 0) is 128 Å². The third-order valence-electron chi connectivity index (χ3n) is 6.97. The predicted octanol–water partition coefficient (Wildman–Crippen LogP) is 7.64. The number of hydrogen-bond acceptors (Lipinski definition) is 9. The molecule has 0 aromatic heterocycles. The number of carbonyl (C=O) groups excluding carboxylic acids is 2. The van der Waals surface area contributed by atoms with Crippen LogP contribution in [0.15, 0.2) is 0 Å². The minimum absolute atomic E-state index is 0.143. The summed E-state index contributed by atoms with van der Waals surface area (Å²) in [4.78, 5) is 46.5. The summed E-state index contributed by atoms with van der Waals surface area (Å²) in [7, 11) is -13.3. The maximum atomic E-state index is 12.4. The van der Waals surface area contributed by atoms with Crippen LogP contribution in [0.2, 0.25) is 103 Å². The highest BCUT2D eigenvalue weighted by Crippen LogP contribution is 2.28. The average molecular weight is 743 g/mol. The topological polar surface area (TPSA) is 155 Å². The lowest BCUT2D eigenvalue weighted by molar-refractivity contribution is -0.159. The lowest BCUT2D eigenvalue weighted by Gasteiger charge is -2.38. The van der Waals surface area contributed by atoms with Gasteiger partial charge in [0.15, 0.2) is 33.3 Å². The van der Waals surface area contributed by atoms with E-state index in [9.17, 15) is 19.2 Å². The Labute approximate surface area is 278 Å². The van der Waals surface area contributed by atoms with Crippen LogP contribution in [0.25, 0.3) is 0 Å². The summed E-state index contributed by atoms with van der Waals surface area (Å²) in [6.07, 6.45) is 2.92. The van der Waals surface area contributed by atoms with Crippen molar-refractivity contribution in [3.8, 4) is 0 Å². The molecule has 0 saturated heterocycles. The average Bonchev–Trinajstić information content (AvgIpc) is 2.74. The first-order chi connectivity index (χ1) is 20.2.